The van der Waals surface area contributed by atoms with Crippen LogP contribution in [0.5, 0.6) is 0 Å². The van der Waals surface area contributed by atoms with E-state index in [2.05, 4.69) is 40.5 Å². The fourth-order valence-electron chi connectivity index (χ4n) is 2.35. The second-order valence-corrected chi connectivity index (χ2v) is 5.60. The van der Waals surface area contributed by atoms with Crippen LogP contribution in [0.3, 0.4) is 0 Å². The van der Waals surface area contributed by atoms with Gasteiger partial charge in [-0.1, -0.05) is 6.07 Å². The van der Waals surface area contributed by atoms with Crippen molar-refractivity contribution in [3.63, 3.8) is 0 Å². The predicted octanol–water partition coefficient (Wildman–Crippen LogP) is 2.26. The van der Waals surface area contributed by atoms with E-state index in [0.717, 1.165) is 57.4 Å². The number of guanidine groups is 1. The highest BCUT2D eigenvalue weighted by Crippen LogP contribution is 2.08. The van der Waals surface area contributed by atoms with Crippen LogP contribution in [0.15, 0.2) is 23.3 Å². The third-order valence-electron chi connectivity index (χ3n) is 3.70. The molecule has 2 N–H and O–H groups in total. The van der Waals surface area contributed by atoms with Gasteiger partial charge in [0, 0.05) is 32.5 Å². The van der Waals surface area contributed by atoms with Crippen LogP contribution >= 0.6 is 24.0 Å². The molecule has 1 aromatic heterocycles. The molecule has 2 heterocycles. The Morgan fingerprint density at radius 2 is 2.33 bits per heavy atom. The number of ether oxygens (including phenoxy) is 2. The summed E-state index contributed by atoms with van der Waals surface area (Å²) in [6, 6.07) is 4.00. The van der Waals surface area contributed by atoms with Gasteiger partial charge in [-0.3, -0.25) is 4.98 Å². The van der Waals surface area contributed by atoms with Crippen molar-refractivity contribution in [2.45, 2.75) is 39.3 Å². The molecular formula is C17H29IN4O2. The van der Waals surface area contributed by atoms with Crippen LogP contribution < -0.4 is 10.6 Å². The van der Waals surface area contributed by atoms with Gasteiger partial charge >= 0.3 is 0 Å². The average Bonchev–Trinajstić information content (AvgIpc) is 3.07. The zero-order valence-electron chi connectivity index (χ0n) is 14.6. The Balaban J connectivity index is 0.00000288. The lowest BCUT2D eigenvalue weighted by atomic mass is 10.2. The Morgan fingerprint density at radius 3 is 3.04 bits per heavy atom. The van der Waals surface area contributed by atoms with Crippen molar-refractivity contribution in [1.82, 2.24) is 15.6 Å². The van der Waals surface area contributed by atoms with Crippen LogP contribution in [0, 0.1) is 6.92 Å². The minimum absolute atomic E-state index is 0. The fourth-order valence-corrected chi connectivity index (χ4v) is 2.35. The number of aliphatic imine (C=N–C) groups is 1. The summed E-state index contributed by atoms with van der Waals surface area (Å²) in [6.07, 6.45) is 4.05. The Kier molecular flexibility index (Phi) is 10.9. The van der Waals surface area contributed by atoms with E-state index < -0.39 is 0 Å². The molecule has 0 aromatic carbocycles. The maximum absolute atomic E-state index is 5.75. The normalized spacial score (nSPS) is 17.4. The third kappa shape index (κ3) is 7.76. The Morgan fingerprint density at radius 1 is 1.46 bits per heavy atom. The second-order valence-electron chi connectivity index (χ2n) is 5.60. The van der Waals surface area contributed by atoms with Crippen molar-refractivity contribution in [2.24, 2.45) is 4.99 Å². The van der Waals surface area contributed by atoms with Gasteiger partial charge in [-0.15, -0.1) is 24.0 Å². The molecule has 1 atom stereocenters. The van der Waals surface area contributed by atoms with Crippen LogP contribution in [-0.4, -0.2) is 50.0 Å². The molecule has 24 heavy (non-hydrogen) atoms. The smallest absolute Gasteiger partial charge is 0.191 e. The summed E-state index contributed by atoms with van der Waals surface area (Å²) in [5.74, 6) is 0.821. The van der Waals surface area contributed by atoms with Gasteiger partial charge in [0.15, 0.2) is 5.96 Å². The van der Waals surface area contributed by atoms with Gasteiger partial charge in [-0.2, -0.15) is 0 Å². The molecule has 136 valence electrons. The number of hydrogen-bond acceptors (Lipinski definition) is 4. The summed E-state index contributed by atoms with van der Waals surface area (Å²) in [6.45, 7) is 8.68. The molecule has 0 amide bonds. The molecule has 2 rings (SSSR count). The van der Waals surface area contributed by atoms with Gasteiger partial charge in [0.2, 0.25) is 0 Å². The number of pyridine rings is 1. The van der Waals surface area contributed by atoms with Crippen LogP contribution in [0.2, 0.25) is 0 Å². The van der Waals surface area contributed by atoms with Gasteiger partial charge in [0.05, 0.1) is 24.9 Å². The number of halogens is 1. The highest BCUT2D eigenvalue weighted by Gasteiger charge is 2.15. The van der Waals surface area contributed by atoms with E-state index in [1.807, 2.05) is 12.3 Å². The zero-order chi connectivity index (χ0) is 16.3. The number of aromatic nitrogens is 1. The molecule has 1 aliphatic rings. The van der Waals surface area contributed by atoms with Crippen molar-refractivity contribution in [3.05, 3.63) is 29.6 Å². The monoisotopic (exact) mass is 448 g/mol. The maximum Gasteiger partial charge on any atom is 0.191 e. The van der Waals surface area contributed by atoms with Crippen molar-refractivity contribution < 1.29 is 9.47 Å². The van der Waals surface area contributed by atoms with Crippen molar-refractivity contribution in [3.8, 4) is 0 Å². The Labute approximate surface area is 161 Å². The summed E-state index contributed by atoms with van der Waals surface area (Å²) in [4.78, 5) is 8.96. The summed E-state index contributed by atoms with van der Waals surface area (Å²) in [5.41, 5.74) is 2.17. The van der Waals surface area contributed by atoms with Gasteiger partial charge in [0.1, 0.15) is 0 Å². The molecule has 0 bridgehead atoms. The molecule has 1 aliphatic heterocycles. The Bertz CT molecular complexity index is 493. The molecule has 0 saturated carbocycles. The number of nitrogens with zero attached hydrogens (tertiary/aromatic N) is 2. The zero-order valence-corrected chi connectivity index (χ0v) is 16.9. The molecule has 0 aliphatic carbocycles. The van der Waals surface area contributed by atoms with Crippen LogP contribution in [-0.2, 0) is 16.0 Å². The molecular weight excluding hydrogens is 419 g/mol. The molecule has 7 heteroatoms. The molecule has 1 unspecified atom stereocenters. The van der Waals surface area contributed by atoms with Gasteiger partial charge in [-0.25, -0.2) is 4.99 Å². The lowest BCUT2D eigenvalue weighted by Crippen LogP contribution is -2.38. The SMILES string of the molecule is CCNC(=NCc1ncccc1C)NCCCOC1CCOC1.I. The molecule has 1 aromatic rings. The first-order chi connectivity index (χ1) is 11.3. The predicted molar refractivity (Wildman–Crippen MR) is 107 cm³/mol. The van der Waals surface area contributed by atoms with Gasteiger partial charge < -0.3 is 20.1 Å². The van der Waals surface area contributed by atoms with E-state index in [1.54, 1.807) is 0 Å². The fraction of sp³-hybridized carbons (Fsp3) is 0.647. The van der Waals surface area contributed by atoms with Gasteiger partial charge in [-0.05, 0) is 38.3 Å². The number of aryl methyl sites for hydroxylation is 1. The van der Waals surface area contributed by atoms with E-state index in [0.29, 0.717) is 6.54 Å². The highest BCUT2D eigenvalue weighted by atomic mass is 127. The highest BCUT2D eigenvalue weighted by molar-refractivity contribution is 14.0. The second kappa shape index (κ2) is 12.4. The van der Waals surface area contributed by atoms with E-state index in [9.17, 15) is 0 Å². The first kappa shape index (κ1) is 21.1. The minimum Gasteiger partial charge on any atom is -0.379 e. The standard InChI is InChI=1S/C17H28N4O2.HI/c1-3-18-17(21-12-16-14(2)6-4-8-19-16)20-9-5-10-23-15-7-11-22-13-15;/h4,6,8,15H,3,5,7,9-13H2,1-2H3,(H2,18,20,21);1H. The third-order valence-corrected chi connectivity index (χ3v) is 3.70. The molecule has 1 saturated heterocycles. The van der Waals surface area contributed by atoms with Crippen LogP contribution in [0.25, 0.3) is 0 Å². The largest absolute Gasteiger partial charge is 0.379 e. The minimum atomic E-state index is 0. The number of rotatable bonds is 8. The molecule has 6 nitrogen and oxygen atoms in total. The van der Waals surface area contributed by atoms with Gasteiger partial charge in [0.25, 0.3) is 0 Å². The van der Waals surface area contributed by atoms with Crippen molar-refractivity contribution in [2.75, 3.05) is 32.9 Å². The molecule has 0 spiro atoms. The lowest BCUT2D eigenvalue weighted by Gasteiger charge is -2.13. The number of nitrogens with one attached hydrogen (secondary N) is 2. The summed E-state index contributed by atoms with van der Waals surface area (Å²) in [5, 5.41) is 6.59. The average molecular weight is 448 g/mol. The van der Waals surface area contributed by atoms with E-state index in [-0.39, 0.29) is 30.1 Å². The van der Waals surface area contributed by atoms with E-state index >= 15 is 0 Å². The summed E-state index contributed by atoms with van der Waals surface area (Å²) >= 11 is 0. The summed E-state index contributed by atoms with van der Waals surface area (Å²) in [7, 11) is 0. The lowest BCUT2D eigenvalue weighted by molar-refractivity contribution is 0.0420. The van der Waals surface area contributed by atoms with E-state index in [1.165, 1.54) is 5.56 Å². The Hall–Kier alpha value is -0.930. The van der Waals surface area contributed by atoms with Crippen molar-refractivity contribution in [1.29, 1.82) is 0 Å². The van der Waals surface area contributed by atoms with Crippen molar-refractivity contribution >= 4 is 29.9 Å². The maximum atomic E-state index is 5.75. The first-order valence-corrected chi connectivity index (χ1v) is 8.41. The quantitative estimate of drug-likeness (QED) is 0.277. The topological polar surface area (TPSA) is 67.8 Å². The first-order valence-electron chi connectivity index (χ1n) is 8.41. The molecule has 1 fully saturated rings. The van der Waals surface area contributed by atoms with Crippen LogP contribution in [0.1, 0.15) is 31.0 Å². The van der Waals surface area contributed by atoms with Crippen LogP contribution in [0.4, 0.5) is 0 Å². The van der Waals surface area contributed by atoms with E-state index in [4.69, 9.17) is 9.47 Å². The number of hydrogen-bond donors (Lipinski definition) is 2. The summed E-state index contributed by atoms with van der Waals surface area (Å²) < 4.78 is 11.0. The molecule has 0 radical (unpaired) electrons.